The Kier molecular flexibility index (Phi) is 5.30. The van der Waals surface area contributed by atoms with Gasteiger partial charge in [-0.05, 0) is 53.1 Å². The van der Waals surface area contributed by atoms with Crippen molar-refractivity contribution in [3.63, 3.8) is 0 Å². The molecule has 5 rings (SSSR count). The fraction of sp³-hybridized carbons (Fsp3) is 0.0690. The van der Waals surface area contributed by atoms with Crippen LogP contribution in [0, 0.1) is 0 Å². The smallest absolute Gasteiger partial charge is 0.340 e. The molecule has 5 aromatic rings. The number of benzene rings is 4. The maximum absolute atomic E-state index is 13.0. The molecule has 1 aromatic heterocycles. The first-order chi connectivity index (χ1) is 15.8. The number of fused-ring (bicyclic) bond motifs is 1. The lowest BCUT2D eigenvalue weighted by molar-refractivity contribution is 0.0527. The largest absolute Gasteiger partial charge is 0.462 e. The number of aromatic nitrogens is 1. The fourth-order valence-electron chi connectivity index (χ4n) is 4.16. The van der Waals surface area contributed by atoms with Gasteiger partial charge in [0, 0.05) is 5.69 Å². The molecule has 1 heterocycles. The standard InChI is InChI=1S/C29H23NO2/c1-2-32-29(31)26-20-27(24-18-17-21-11-9-10-14-23(21)19-24)30(25-15-7-4-8-16-25)28(26)22-12-5-3-6-13-22/h3-20H,2H2,1H3. The average Bonchev–Trinajstić information content (AvgIpc) is 3.26. The number of ether oxygens (including phenoxy) is 1. The molecule has 0 aliphatic carbocycles. The second-order valence-corrected chi connectivity index (χ2v) is 7.61. The van der Waals surface area contributed by atoms with Gasteiger partial charge in [0.25, 0.3) is 0 Å². The molecule has 3 heteroatoms. The summed E-state index contributed by atoms with van der Waals surface area (Å²) in [6, 6.07) is 36.8. The van der Waals surface area contributed by atoms with E-state index in [0.717, 1.165) is 33.6 Å². The predicted octanol–water partition coefficient (Wildman–Crippen LogP) is 7.14. The summed E-state index contributed by atoms with van der Waals surface area (Å²) in [6.45, 7) is 2.16. The lowest BCUT2D eigenvalue weighted by atomic mass is 10.0. The van der Waals surface area contributed by atoms with Crippen LogP contribution in [0.4, 0.5) is 0 Å². The summed E-state index contributed by atoms with van der Waals surface area (Å²) in [7, 11) is 0. The van der Waals surface area contributed by atoms with Gasteiger partial charge in [0.1, 0.15) is 0 Å². The molecule has 0 fully saturated rings. The summed E-state index contributed by atoms with van der Waals surface area (Å²) in [6.07, 6.45) is 0. The van der Waals surface area contributed by atoms with Crippen molar-refractivity contribution in [1.82, 2.24) is 4.57 Å². The maximum atomic E-state index is 13.0. The summed E-state index contributed by atoms with van der Waals surface area (Å²) in [5.41, 5.74) is 5.34. The van der Waals surface area contributed by atoms with E-state index in [0.29, 0.717) is 12.2 Å². The molecule has 156 valence electrons. The molecule has 32 heavy (non-hydrogen) atoms. The number of hydrogen-bond acceptors (Lipinski definition) is 2. The topological polar surface area (TPSA) is 31.2 Å². The first-order valence-corrected chi connectivity index (χ1v) is 10.8. The Bertz CT molecular complexity index is 1390. The van der Waals surface area contributed by atoms with Gasteiger partial charge in [0.2, 0.25) is 0 Å². The van der Waals surface area contributed by atoms with Crippen molar-refractivity contribution >= 4 is 16.7 Å². The van der Waals surface area contributed by atoms with Crippen LogP contribution in [0.25, 0.3) is 39.0 Å². The fourth-order valence-corrected chi connectivity index (χ4v) is 4.16. The molecular formula is C29H23NO2. The van der Waals surface area contributed by atoms with Gasteiger partial charge >= 0.3 is 5.97 Å². The number of hydrogen-bond donors (Lipinski definition) is 0. The lowest BCUT2D eigenvalue weighted by Gasteiger charge is -2.15. The molecule has 0 spiro atoms. The van der Waals surface area contributed by atoms with Gasteiger partial charge in [0.15, 0.2) is 0 Å². The Morgan fingerprint density at radius 1 is 0.719 bits per heavy atom. The summed E-state index contributed by atoms with van der Waals surface area (Å²) in [5.74, 6) is -0.317. The number of carbonyl (C=O) groups excluding carboxylic acids is 1. The minimum absolute atomic E-state index is 0.317. The second kappa shape index (κ2) is 8.56. The Hall–Kier alpha value is -4.11. The number of nitrogens with zero attached hydrogens (tertiary/aromatic N) is 1. The van der Waals surface area contributed by atoms with E-state index in [2.05, 4.69) is 47.0 Å². The van der Waals surface area contributed by atoms with Crippen LogP contribution >= 0.6 is 0 Å². The Balaban J connectivity index is 1.84. The Labute approximate surface area is 187 Å². The first kappa shape index (κ1) is 19.8. The van der Waals surface area contributed by atoms with E-state index >= 15 is 0 Å². The number of para-hydroxylation sites is 1. The first-order valence-electron chi connectivity index (χ1n) is 10.8. The zero-order valence-electron chi connectivity index (χ0n) is 17.9. The minimum atomic E-state index is -0.317. The highest BCUT2D eigenvalue weighted by Gasteiger charge is 2.24. The predicted molar refractivity (Wildman–Crippen MR) is 130 cm³/mol. The lowest BCUT2D eigenvalue weighted by Crippen LogP contribution is -2.07. The molecule has 0 aliphatic rings. The molecule has 0 saturated carbocycles. The summed E-state index contributed by atoms with van der Waals surface area (Å²) < 4.78 is 7.61. The van der Waals surface area contributed by atoms with Crippen molar-refractivity contribution in [3.8, 4) is 28.2 Å². The van der Waals surface area contributed by atoms with Crippen LogP contribution in [0.5, 0.6) is 0 Å². The third kappa shape index (κ3) is 3.58. The molecule has 0 unspecified atom stereocenters. The molecular weight excluding hydrogens is 394 g/mol. The van der Waals surface area contributed by atoms with Crippen LogP contribution in [-0.2, 0) is 4.74 Å². The molecule has 3 nitrogen and oxygen atoms in total. The maximum Gasteiger partial charge on any atom is 0.340 e. The summed E-state index contributed by atoms with van der Waals surface area (Å²) in [5, 5.41) is 2.34. The van der Waals surface area contributed by atoms with Gasteiger partial charge in [-0.15, -0.1) is 0 Å². The van der Waals surface area contributed by atoms with Crippen LogP contribution in [0.3, 0.4) is 0 Å². The monoisotopic (exact) mass is 417 g/mol. The van der Waals surface area contributed by atoms with E-state index in [4.69, 9.17) is 4.74 Å². The van der Waals surface area contributed by atoms with Crippen LogP contribution in [0.15, 0.2) is 109 Å². The highest BCUT2D eigenvalue weighted by molar-refractivity contribution is 6.00. The van der Waals surface area contributed by atoms with Gasteiger partial charge in [0.05, 0.1) is 23.6 Å². The van der Waals surface area contributed by atoms with Crippen molar-refractivity contribution in [1.29, 1.82) is 0 Å². The minimum Gasteiger partial charge on any atom is -0.462 e. The van der Waals surface area contributed by atoms with Crippen LogP contribution in [0.2, 0.25) is 0 Å². The van der Waals surface area contributed by atoms with Gasteiger partial charge in [-0.3, -0.25) is 0 Å². The van der Waals surface area contributed by atoms with Crippen molar-refractivity contribution in [3.05, 3.63) is 115 Å². The van der Waals surface area contributed by atoms with E-state index in [1.54, 1.807) is 0 Å². The number of rotatable bonds is 5. The zero-order chi connectivity index (χ0) is 21.9. The van der Waals surface area contributed by atoms with Gasteiger partial charge in [-0.2, -0.15) is 0 Å². The van der Waals surface area contributed by atoms with E-state index < -0.39 is 0 Å². The molecule has 0 N–H and O–H groups in total. The van der Waals surface area contributed by atoms with E-state index in [1.165, 1.54) is 5.39 Å². The molecule has 0 aliphatic heterocycles. The zero-order valence-corrected chi connectivity index (χ0v) is 17.9. The summed E-state index contributed by atoms with van der Waals surface area (Å²) >= 11 is 0. The third-order valence-corrected chi connectivity index (χ3v) is 5.60. The number of carbonyl (C=O) groups is 1. The molecule has 0 atom stereocenters. The Morgan fingerprint density at radius 3 is 2.09 bits per heavy atom. The highest BCUT2D eigenvalue weighted by Crippen LogP contribution is 2.37. The van der Waals surface area contributed by atoms with Crippen molar-refractivity contribution in [2.45, 2.75) is 6.92 Å². The average molecular weight is 418 g/mol. The normalized spacial score (nSPS) is 10.9. The SMILES string of the molecule is CCOC(=O)c1cc(-c2ccc3ccccc3c2)n(-c2ccccc2)c1-c1ccccc1. The highest BCUT2D eigenvalue weighted by atomic mass is 16.5. The molecule has 4 aromatic carbocycles. The molecule has 0 radical (unpaired) electrons. The van der Waals surface area contributed by atoms with Crippen molar-refractivity contribution in [2.24, 2.45) is 0 Å². The van der Waals surface area contributed by atoms with Gasteiger partial charge in [-0.25, -0.2) is 4.79 Å². The quantitative estimate of drug-likeness (QED) is 0.285. The molecule has 0 amide bonds. The summed E-state index contributed by atoms with van der Waals surface area (Å²) in [4.78, 5) is 13.0. The van der Waals surface area contributed by atoms with Crippen molar-refractivity contribution < 1.29 is 9.53 Å². The molecule has 0 bridgehead atoms. The van der Waals surface area contributed by atoms with Crippen LogP contribution in [0.1, 0.15) is 17.3 Å². The third-order valence-electron chi connectivity index (χ3n) is 5.60. The second-order valence-electron chi connectivity index (χ2n) is 7.61. The number of esters is 1. The Morgan fingerprint density at radius 2 is 1.38 bits per heavy atom. The van der Waals surface area contributed by atoms with E-state index in [1.807, 2.05) is 73.7 Å². The van der Waals surface area contributed by atoms with Crippen LogP contribution < -0.4 is 0 Å². The van der Waals surface area contributed by atoms with Gasteiger partial charge in [-0.1, -0.05) is 84.9 Å². The van der Waals surface area contributed by atoms with E-state index in [-0.39, 0.29) is 5.97 Å². The van der Waals surface area contributed by atoms with Crippen LogP contribution in [-0.4, -0.2) is 17.1 Å². The van der Waals surface area contributed by atoms with Crippen molar-refractivity contribution in [2.75, 3.05) is 6.61 Å². The van der Waals surface area contributed by atoms with Gasteiger partial charge < -0.3 is 9.30 Å². The van der Waals surface area contributed by atoms with E-state index in [9.17, 15) is 4.79 Å². The molecule has 0 saturated heterocycles.